The van der Waals surface area contributed by atoms with Crippen molar-refractivity contribution in [2.24, 2.45) is 0 Å². The first-order chi connectivity index (χ1) is 15.1. The minimum atomic E-state index is -0.214. The average molecular weight is 421 g/mol. The Balaban J connectivity index is 1.54. The molecule has 1 aliphatic heterocycles. The Kier molecular flexibility index (Phi) is 6.21. The van der Waals surface area contributed by atoms with E-state index < -0.39 is 0 Å². The summed E-state index contributed by atoms with van der Waals surface area (Å²) in [4.78, 5) is 32.4. The second-order valence-electron chi connectivity index (χ2n) is 7.95. The molecule has 2 heterocycles. The maximum absolute atomic E-state index is 13.1. The van der Waals surface area contributed by atoms with Crippen LogP contribution in [-0.2, 0) is 17.9 Å². The zero-order valence-electron chi connectivity index (χ0n) is 18.0. The molecule has 0 saturated carbocycles. The number of aromatic nitrogens is 2. The third-order valence-electron chi connectivity index (χ3n) is 5.89. The van der Waals surface area contributed by atoms with Gasteiger partial charge in [0.15, 0.2) is 0 Å². The molecule has 7 nitrogen and oxygen atoms in total. The molecule has 31 heavy (non-hydrogen) atoms. The highest BCUT2D eigenvalue weighted by molar-refractivity contribution is 5.94. The first-order valence-corrected chi connectivity index (χ1v) is 10.7. The molecule has 4 rings (SSSR count). The highest BCUT2D eigenvalue weighted by Crippen LogP contribution is 2.20. The summed E-state index contributed by atoms with van der Waals surface area (Å²) < 4.78 is 7.12. The van der Waals surface area contributed by atoms with Crippen LogP contribution in [0.2, 0.25) is 0 Å². The van der Waals surface area contributed by atoms with Gasteiger partial charge in [-0.3, -0.25) is 9.59 Å². The van der Waals surface area contributed by atoms with Gasteiger partial charge in [0.05, 0.1) is 24.7 Å². The van der Waals surface area contributed by atoms with Gasteiger partial charge in [0, 0.05) is 18.2 Å². The van der Waals surface area contributed by atoms with Crippen molar-refractivity contribution in [1.82, 2.24) is 19.8 Å². The number of methoxy groups -OCH3 is 1. The van der Waals surface area contributed by atoms with Crippen LogP contribution in [0.3, 0.4) is 0 Å². The minimum Gasteiger partial charge on any atom is -0.497 e. The highest BCUT2D eigenvalue weighted by Gasteiger charge is 2.24. The zero-order valence-corrected chi connectivity index (χ0v) is 18.0. The van der Waals surface area contributed by atoms with E-state index in [0.29, 0.717) is 17.1 Å². The predicted octanol–water partition coefficient (Wildman–Crippen LogP) is 3.38. The van der Waals surface area contributed by atoms with Crippen LogP contribution < -0.4 is 10.1 Å². The fourth-order valence-electron chi connectivity index (χ4n) is 4.16. The van der Waals surface area contributed by atoms with Crippen molar-refractivity contribution in [1.29, 1.82) is 0 Å². The summed E-state index contributed by atoms with van der Waals surface area (Å²) in [7, 11) is 1.57. The summed E-state index contributed by atoms with van der Waals surface area (Å²) in [6.45, 7) is 3.36. The van der Waals surface area contributed by atoms with Gasteiger partial charge in [-0.15, -0.1) is 0 Å². The molecular weight excluding hydrogens is 392 g/mol. The number of carbonyl (C=O) groups is 2. The van der Waals surface area contributed by atoms with Gasteiger partial charge in [-0.1, -0.05) is 18.2 Å². The number of piperidine rings is 1. The van der Waals surface area contributed by atoms with Crippen LogP contribution in [0.5, 0.6) is 5.75 Å². The molecule has 1 atom stereocenters. The normalized spacial score (nSPS) is 16.3. The lowest BCUT2D eigenvalue weighted by Gasteiger charge is -2.33. The molecule has 2 amide bonds. The topological polar surface area (TPSA) is 76.5 Å². The van der Waals surface area contributed by atoms with E-state index in [-0.39, 0.29) is 30.9 Å². The van der Waals surface area contributed by atoms with Crippen molar-refractivity contribution in [3.63, 3.8) is 0 Å². The second kappa shape index (κ2) is 9.20. The number of benzene rings is 2. The van der Waals surface area contributed by atoms with Crippen LogP contribution in [0.1, 0.15) is 42.4 Å². The number of hydrogen-bond acceptors (Lipinski definition) is 4. The number of fused-ring (bicyclic) bond motifs is 1. The number of imidazole rings is 1. The van der Waals surface area contributed by atoms with Crippen molar-refractivity contribution >= 4 is 22.8 Å². The van der Waals surface area contributed by atoms with Crippen LogP contribution in [-0.4, -0.2) is 46.0 Å². The van der Waals surface area contributed by atoms with Crippen LogP contribution >= 0.6 is 0 Å². The largest absolute Gasteiger partial charge is 0.497 e. The van der Waals surface area contributed by atoms with Gasteiger partial charge in [0.2, 0.25) is 5.91 Å². The van der Waals surface area contributed by atoms with Crippen LogP contribution in [0, 0.1) is 0 Å². The second-order valence-corrected chi connectivity index (χ2v) is 7.95. The predicted molar refractivity (Wildman–Crippen MR) is 119 cm³/mol. The third kappa shape index (κ3) is 4.55. The third-order valence-corrected chi connectivity index (χ3v) is 5.89. The quantitative estimate of drug-likeness (QED) is 0.663. The van der Waals surface area contributed by atoms with E-state index in [4.69, 9.17) is 4.74 Å². The molecule has 162 valence electrons. The number of nitrogens with zero attached hydrogens (tertiary/aromatic N) is 3. The van der Waals surface area contributed by atoms with Crippen LogP contribution in [0.25, 0.3) is 11.0 Å². The van der Waals surface area contributed by atoms with E-state index in [0.717, 1.165) is 30.4 Å². The molecule has 1 aromatic heterocycles. The van der Waals surface area contributed by atoms with Crippen molar-refractivity contribution < 1.29 is 14.3 Å². The molecule has 0 bridgehead atoms. The summed E-state index contributed by atoms with van der Waals surface area (Å²) in [5.41, 5.74) is 2.22. The number of carbonyl (C=O) groups excluding carboxylic acids is 2. The van der Waals surface area contributed by atoms with Gasteiger partial charge in [-0.05, 0) is 56.5 Å². The minimum absolute atomic E-state index is 0.0933. The lowest BCUT2D eigenvalue weighted by Crippen LogP contribution is -2.43. The van der Waals surface area contributed by atoms with Gasteiger partial charge < -0.3 is 19.5 Å². The van der Waals surface area contributed by atoms with E-state index in [1.54, 1.807) is 31.4 Å². The van der Waals surface area contributed by atoms with Gasteiger partial charge in [0.25, 0.3) is 5.91 Å². The summed E-state index contributed by atoms with van der Waals surface area (Å²) >= 11 is 0. The fraction of sp³-hybridized carbons (Fsp3) is 0.375. The monoisotopic (exact) mass is 420 g/mol. The van der Waals surface area contributed by atoms with Crippen molar-refractivity contribution in [3.8, 4) is 5.75 Å². The Morgan fingerprint density at radius 1 is 1.16 bits per heavy atom. The number of nitrogens with one attached hydrogen (secondary N) is 1. The SMILES string of the molecule is COc1cccc(C(=O)NCc2nc3ccccc3n2CC(=O)N2CCCCC2C)c1. The van der Waals surface area contributed by atoms with Gasteiger partial charge >= 0.3 is 0 Å². The number of amides is 2. The van der Waals surface area contributed by atoms with Crippen LogP contribution in [0.4, 0.5) is 0 Å². The van der Waals surface area contributed by atoms with E-state index in [1.807, 2.05) is 33.7 Å². The van der Waals surface area contributed by atoms with E-state index in [2.05, 4.69) is 17.2 Å². The maximum atomic E-state index is 13.1. The first kappa shape index (κ1) is 20.9. The van der Waals surface area contributed by atoms with Crippen molar-refractivity contribution in [2.45, 2.75) is 45.3 Å². The Hall–Kier alpha value is -3.35. The van der Waals surface area contributed by atoms with Crippen molar-refractivity contribution in [3.05, 3.63) is 59.9 Å². The number of hydrogen-bond donors (Lipinski definition) is 1. The van der Waals surface area contributed by atoms with E-state index in [1.165, 1.54) is 6.42 Å². The molecule has 1 N–H and O–H groups in total. The average Bonchev–Trinajstić information content (AvgIpc) is 3.15. The highest BCUT2D eigenvalue weighted by atomic mass is 16.5. The molecule has 1 fully saturated rings. The molecule has 0 radical (unpaired) electrons. The lowest BCUT2D eigenvalue weighted by atomic mass is 10.0. The molecule has 0 aliphatic carbocycles. The molecule has 3 aromatic rings. The Morgan fingerprint density at radius 3 is 2.81 bits per heavy atom. The van der Waals surface area contributed by atoms with E-state index in [9.17, 15) is 9.59 Å². The Labute approximate surface area is 182 Å². The first-order valence-electron chi connectivity index (χ1n) is 10.7. The van der Waals surface area contributed by atoms with Crippen molar-refractivity contribution in [2.75, 3.05) is 13.7 Å². The molecular formula is C24H28N4O3. The van der Waals surface area contributed by atoms with Crippen LogP contribution in [0.15, 0.2) is 48.5 Å². The Morgan fingerprint density at radius 2 is 2.00 bits per heavy atom. The smallest absolute Gasteiger partial charge is 0.251 e. The molecule has 2 aromatic carbocycles. The molecule has 1 unspecified atom stereocenters. The molecule has 0 spiro atoms. The number of ether oxygens (including phenoxy) is 1. The van der Waals surface area contributed by atoms with Gasteiger partial charge in [-0.2, -0.15) is 0 Å². The number of likely N-dealkylation sites (tertiary alicyclic amines) is 1. The van der Waals surface area contributed by atoms with E-state index >= 15 is 0 Å². The lowest BCUT2D eigenvalue weighted by molar-refractivity contribution is -0.135. The summed E-state index contributed by atoms with van der Waals surface area (Å²) in [5.74, 6) is 1.17. The molecule has 1 aliphatic rings. The standard InChI is InChI=1S/C24H28N4O3/c1-17-8-5-6-13-27(17)23(29)16-28-21-12-4-3-11-20(21)26-22(28)15-25-24(30)18-9-7-10-19(14-18)31-2/h3-4,7,9-12,14,17H,5-6,8,13,15-16H2,1-2H3,(H,25,30). The zero-order chi connectivity index (χ0) is 21.8. The summed E-state index contributed by atoms with van der Waals surface area (Å²) in [6.07, 6.45) is 3.25. The number of rotatable bonds is 6. The molecule has 1 saturated heterocycles. The molecule has 7 heteroatoms. The summed E-state index contributed by atoms with van der Waals surface area (Å²) in [6, 6.07) is 15.0. The number of para-hydroxylation sites is 2. The fourth-order valence-corrected chi connectivity index (χ4v) is 4.16. The summed E-state index contributed by atoms with van der Waals surface area (Å²) in [5, 5.41) is 2.93. The van der Waals surface area contributed by atoms with Gasteiger partial charge in [0.1, 0.15) is 18.1 Å². The Bertz CT molecular complexity index is 1090. The maximum Gasteiger partial charge on any atom is 0.251 e. The van der Waals surface area contributed by atoms with Gasteiger partial charge in [-0.25, -0.2) is 4.98 Å².